The van der Waals surface area contributed by atoms with Gasteiger partial charge in [-0.15, -0.1) is 0 Å². The number of fused-ring (bicyclic) bond motifs is 1. The molecule has 1 aromatic heterocycles. The molecular formula is C20H18ClN5O4. The lowest BCUT2D eigenvalue weighted by atomic mass is 10.2. The summed E-state index contributed by atoms with van der Waals surface area (Å²) in [5.41, 5.74) is 6.77. The number of anilines is 3. The number of carbonyl (C=O) groups is 1. The van der Waals surface area contributed by atoms with Crippen LogP contribution in [0.5, 0.6) is 11.5 Å². The lowest BCUT2D eigenvalue weighted by Crippen LogP contribution is -2.11. The van der Waals surface area contributed by atoms with Crippen molar-refractivity contribution in [3.8, 4) is 11.5 Å². The standard InChI is InChI=1S/C20H18ClN5O4/c21-14-9-12(10-15-17(14)29-8-4-7-28-15)18(27)30-11-16-24-19(22)26-20(25-16)23-13-5-2-1-3-6-13/h1-3,5-6,9-10H,4,7-8,11H2,(H3,22,23,24,25,26). The number of rotatable bonds is 5. The highest BCUT2D eigenvalue weighted by molar-refractivity contribution is 6.32. The van der Waals surface area contributed by atoms with E-state index in [0.29, 0.717) is 24.7 Å². The van der Waals surface area contributed by atoms with E-state index < -0.39 is 5.97 Å². The minimum atomic E-state index is -0.607. The van der Waals surface area contributed by atoms with E-state index in [0.717, 1.165) is 12.1 Å². The molecule has 0 bridgehead atoms. The number of nitrogen functional groups attached to an aromatic ring is 1. The molecular weight excluding hydrogens is 410 g/mol. The van der Waals surface area contributed by atoms with E-state index in [1.165, 1.54) is 6.07 Å². The van der Waals surface area contributed by atoms with Crippen LogP contribution in [0.25, 0.3) is 0 Å². The minimum Gasteiger partial charge on any atom is -0.489 e. The topological polar surface area (TPSA) is 121 Å². The summed E-state index contributed by atoms with van der Waals surface area (Å²) < 4.78 is 16.5. The number of halogens is 1. The van der Waals surface area contributed by atoms with E-state index in [1.54, 1.807) is 6.07 Å². The first-order valence-corrected chi connectivity index (χ1v) is 9.55. The van der Waals surface area contributed by atoms with E-state index in [9.17, 15) is 4.79 Å². The Morgan fingerprint density at radius 1 is 1.13 bits per heavy atom. The molecule has 4 rings (SSSR count). The van der Waals surface area contributed by atoms with Crippen molar-refractivity contribution >= 4 is 35.2 Å². The third kappa shape index (κ3) is 4.69. The molecule has 10 heteroatoms. The van der Waals surface area contributed by atoms with Crippen LogP contribution in [0, 0.1) is 0 Å². The number of benzene rings is 2. The molecule has 0 saturated heterocycles. The number of nitrogens with two attached hydrogens (primary N) is 1. The number of nitrogens with zero attached hydrogens (tertiary/aromatic N) is 3. The lowest BCUT2D eigenvalue weighted by Gasteiger charge is -2.11. The van der Waals surface area contributed by atoms with Crippen molar-refractivity contribution in [1.29, 1.82) is 0 Å². The molecule has 0 aliphatic carbocycles. The summed E-state index contributed by atoms with van der Waals surface area (Å²) in [7, 11) is 0. The molecule has 154 valence electrons. The number of aromatic nitrogens is 3. The van der Waals surface area contributed by atoms with Crippen molar-refractivity contribution in [2.75, 3.05) is 24.3 Å². The van der Waals surface area contributed by atoms with Gasteiger partial charge < -0.3 is 25.3 Å². The molecule has 0 atom stereocenters. The van der Waals surface area contributed by atoms with Gasteiger partial charge in [-0.1, -0.05) is 29.8 Å². The van der Waals surface area contributed by atoms with Crippen LogP contribution in [0.15, 0.2) is 42.5 Å². The second kappa shape index (κ2) is 8.83. The second-order valence-corrected chi connectivity index (χ2v) is 6.74. The summed E-state index contributed by atoms with van der Waals surface area (Å²) in [4.78, 5) is 24.8. The van der Waals surface area contributed by atoms with E-state index in [4.69, 9.17) is 31.5 Å². The molecule has 30 heavy (non-hydrogen) atoms. The maximum atomic E-state index is 12.5. The Morgan fingerprint density at radius 3 is 2.77 bits per heavy atom. The van der Waals surface area contributed by atoms with Crippen LogP contribution in [0.3, 0.4) is 0 Å². The molecule has 1 aliphatic heterocycles. The zero-order valence-corrected chi connectivity index (χ0v) is 16.6. The smallest absolute Gasteiger partial charge is 0.338 e. The number of carbonyl (C=O) groups excluding carboxylic acids is 1. The molecule has 0 saturated carbocycles. The normalized spacial score (nSPS) is 12.7. The molecule has 3 N–H and O–H groups in total. The molecule has 0 amide bonds. The van der Waals surface area contributed by atoms with Gasteiger partial charge in [0.25, 0.3) is 0 Å². The van der Waals surface area contributed by atoms with Gasteiger partial charge in [-0.25, -0.2) is 4.79 Å². The summed E-state index contributed by atoms with van der Waals surface area (Å²) in [6, 6.07) is 12.4. The van der Waals surface area contributed by atoms with Crippen LogP contribution in [0.4, 0.5) is 17.6 Å². The van der Waals surface area contributed by atoms with Crippen molar-refractivity contribution in [3.63, 3.8) is 0 Å². The number of ether oxygens (including phenoxy) is 3. The summed E-state index contributed by atoms with van der Waals surface area (Å²) >= 11 is 6.23. The van der Waals surface area contributed by atoms with Gasteiger partial charge in [0.1, 0.15) is 0 Å². The van der Waals surface area contributed by atoms with Crippen molar-refractivity contribution in [1.82, 2.24) is 15.0 Å². The van der Waals surface area contributed by atoms with Crippen LogP contribution < -0.4 is 20.5 Å². The molecule has 2 heterocycles. The summed E-state index contributed by atoms with van der Waals surface area (Å²) in [6.07, 6.45) is 0.727. The van der Waals surface area contributed by atoms with Crippen molar-refractivity contribution in [2.45, 2.75) is 13.0 Å². The number of hydrogen-bond donors (Lipinski definition) is 2. The van der Waals surface area contributed by atoms with Crippen molar-refractivity contribution in [2.24, 2.45) is 0 Å². The Morgan fingerprint density at radius 2 is 1.93 bits per heavy atom. The van der Waals surface area contributed by atoms with Crippen LogP contribution in [-0.4, -0.2) is 34.1 Å². The molecule has 0 unspecified atom stereocenters. The Balaban J connectivity index is 1.46. The van der Waals surface area contributed by atoms with Gasteiger partial charge in [0, 0.05) is 12.1 Å². The van der Waals surface area contributed by atoms with Gasteiger partial charge in [-0.05, 0) is 24.3 Å². The zero-order valence-electron chi connectivity index (χ0n) is 15.8. The number of hydrogen-bond acceptors (Lipinski definition) is 9. The predicted octanol–water partition coefficient (Wildman–Crippen LogP) is 3.37. The fourth-order valence-electron chi connectivity index (χ4n) is 2.77. The highest BCUT2D eigenvalue weighted by Gasteiger charge is 2.19. The lowest BCUT2D eigenvalue weighted by molar-refractivity contribution is 0.0461. The predicted molar refractivity (Wildman–Crippen MR) is 110 cm³/mol. The molecule has 3 aromatic rings. The Hall–Kier alpha value is -3.59. The van der Waals surface area contributed by atoms with Gasteiger partial charge in [-0.3, -0.25) is 0 Å². The van der Waals surface area contributed by atoms with Crippen LogP contribution in [0.1, 0.15) is 22.6 Å². The van der Waals surface area contributed by atoms with Crippen molar-refractivity contribution < 1.29 is 19.0 Å². The maximum Gasteiger partial charge on any atom is 0.338 e. The zero-order chi connectivity index (χ0) is 20.9. The summed E-state index contributed by atoms with van der Waals surface area (Å²) in [6.45, 7) is 0.779. The molecule has 2 aromatic carbocycles. The fraction of sp³-hybridized carbons (Fsp3) is 0.200. The average molecular weight is 428 g/mol. The van der Waals surface area contributed by atoms with E-state index in [-0.39, 0.29) is 34.9 Å². The van der Waals surface area contributed by atoms with Gasteiger partial charge in [0.2, 0.25) is 11.9 Å². The van der Waals surface area contributed by atoms with E-state index in [2.05, 4.69) is 20.3 Å². The van der Waals surface area contributed by atoms with Crippen LogP contribution in [0.2, 0.25) is 5.02 Å². The highest BCUT2D eigenvalue weighted by atomic mass is 35.5. The monoisotopic (exact) mass is 427 g/mol. The first-order chi connectivity index (χ1) is 14.6. The summed E-state index contributed by atoms with van der Waals surface area (Å²) in [5, 5.41) is 3.30. The Bertz CT molecular complexity index is 1060. The SMILES string of the molecule is Nc1nc(COC(=O)c2cc(Cl)c3c(c2)OCCCO3)nc(Nc2ccccc2)n1. The number of esters is 1. The maximum absolute atomic E-state index is 12.5. The van der Waals surface area contributed by atoms with Crippen molar-refractivity contribution in [3.05, 3.63) is 58.9 Å². The Labute approximate surface area is 177 Å². The highest BCUT2D eigenvalue weighted by Crippen LogP contribution is 2.38. The third-order valence-corrected chi connectivity index (χ3v) is 4.38. The largest absolute Gasteiger partial charge is 0.489 e. The minimum absolute atomic E-state index is 0.00750. The summed E-state index contributed by atoms with van der Waals surface area (Å²) in [5.74, 6) is 0.684. The average Bonchev–Trinajstić information content (AvgIpc) is 2.98. The van der Waals surface area contributed by atoms with Gasteiger partial charge in [0.05, 0.1) is 23.8 Å². The Kier molecular flexibility index (Phi) is 5.80. The molecule has 0 radical (unpaired) electrons. The first-order valence-electron chi connectivity index (χ1n) is 9.17. The van der Waals surface area contributed by atoms with Gasteiger partial charge in [0.15, 0.2) is 23.9 Å². The molecule has 9 nitrogen and oxygen atoms in total. The third-order valence-electron chi connectivity index (χ3n) is 4.10. The second-order valence-electron chi connectivity index (χ2n) is 6.34. The van der Waals surface area contributed by atoms with Gasteiger partial charge in [-0.2, -0.15) is 15.0 Å². The number of nitrogens with one attached hydrogen (secondary N) is 1. The van der Waals surface area contributed by atoms with E-state index in [1.807, 2.05) is 30.3 Å². The number of para-hydroxylation sites is 1. The molecule has 0 fully saturated rings. The van der Waals surface area contributed by atoms with Gasteiger partial charge >= 0.3 is 5.97 Å². The first kappa shape index (κ1) is 19.7. The van der Waals surface area contributed by atoms with Crippen LogP contribution in [-0.2, 0) is 11.3 Å². The van der Waals surface area contributed by atoms with Crippen LogP contribution >= 0.6 is 11.6 Å². The molecule has 1 aliphatic rings. The van der Waals surface area contributed by atoms with E-state index >= 15 is 0 Å². The molecule has 0 spiro atoms. The quantitative estimate of drug-likeness (QED) is 0.590. The fourth-order valence-corrected chi connectivity index (χ4v) is 3.04.